The summed E-state index contributed by atoms with van der Waals surface area (Å²) in [6.07, 6.45) is 5.57. The van der Waals surface area contributed by atoms with Gasteiger partial charge in [-0.3, -0.25) is 0 Å². The van der Waals surface area contributed by atoms with Gasteiger partial charge in [-0.1, -0.05) is 59.3 Å². The largest absolute Gasteiger partial charge is 0.462 e. The van der Waals surface area contributed by atoms with Crippen LogP contribution in [0, 0.1) is 50.2 Å². The summed E-state index contributed by atoms with van der Waals surface area (Å²) in [7, 11) is 0. The van der Waals surface area contributed by atoms with Crippen LogP contribution < -0.4 is 0 Å². The summed E-state index contributed by atoms with van der Waals surface area (Å²) >= 11 is 0. The SMILES string of the molecule is CC=C(C)C(=O)OC[C@]1(C)C2CC[C@]3(C)C(CC=C4C5CC(C)(C)[C@@H](O)[C@H](O)[C@]5(CO)[C@H](O)C[C@]43C)[C@@]2(C)CC[C@@H]1O. The van der Waals surface area contributed by atoms with E-state index in [4.69, 9.17) is 4.74 Å². The normalized spacial score (nSPS) is 51.8. The van der Waals surface area contributed by atoms with Gasteiger partial charge >= 0.3 is 5.97 Å². The van der Waals surface area contributed by atoms with Crippen LogP contribution in [-0.4, -0.2) is 69.1 Å². The van der Waals surface area contributed by atoms with E-state index in [0.29, 0.717) is 30.8 Å². The molecule has 3 unspecified atom stereocenters. The van der Waals surface area contributed by atoms with Crippen LogP contribution >= 0.6 is 0 Å². The summed E-state index contributed by atoms with van der Waals surface area (Å²) in [4.78, 5) is 12.6. The fraction of sp³-hybridized carbons (Fsp3) is 0.857. The van der Waals surface area contributed by atoms with Gasteiger partial charge in [0.2, 0.25) is 0 Å². The number of rotatable bonds is 4. The molecule has 0 aromatic heterocycles. The first-order valence-electron chi connectivity index (χ1n) is 16.2. The quantitative estimate of drug-likeness (QED) is 0.185. The number of aliphatic hydroxyl groups excluding tert-OH is 5. The molecule has 5 aliphatic rings. The average molecular weight is 589 g/mol. The van der Waals surface area contributed by atoms with Crippen LogP contribution in [-0.2, 0) is 9.53 Å². The lowest BCUT2D eigenvalue weighted by Crippen LogP contribution is -2.71. The fourth-order valence-corrected chi connectivity index (χ4v) is 11.4. The first-order chi connectivity index (χ1) is 19.4. The lowest BCUT2D eigenvalue weighted by atomic mass is 9.33. The van der Waals surface area contributed by atoms with Crippen LogP contribution in [0.4, 0.5) is 0 Å². The van der Waals surface area contributed by atoms with Crippen LogP contribution in [0.5, 0.6) is 0 Å². The number of allylic oxidation sites excluding steroid dienone is 3. The van der Waals surface area contributed by atoms with Gasteiger partial charge in [-0.15, -0.1) is 0 Å². The van der Waals surface area contributed by atoms with Gasteiger partial charge in [-0.25, -0.2) is 4.79 Å². The third kappa shape index (κ3) is 3.98. The molecular formula is C35H56O7. The smallest absolute Gasteiger partial charge is 0.333 e. The van der Waals surface area contributed by atoms with Crippen LogP contribution in [0.2, 0.25) is 0 Å². The number of carbonyl (C=O) groups excluding carboxylic acids is 1. The van der Waals surface area contributed by atoms with Crippen molar-refractivity contribution in [2.24, 2.45) is 50.2 Å². The summed E-state index contributed by atoms with van der Waals surface area (Å²) in [6, 6.07) is 0. The number of ether oxygens (including phenoxy) is 1. The predicted octanol–water partition coefficient (Wildman–Crippen LogP) is 4.54. The zero-order valence-corrected chi connectivity index (χ0v) is 27.1. The second-order valence-corrected chi connectivity index (χ2v) is 16.5. The Morgan fingerprint density at radius 2 is 1.62 bits per heavy atom. The number of hydrogen-bond acceptors (Lipinski definition) is 7. The second kappa shape index (κ2) is 10.1. The van der Waals surface area contributed by atoms with Crippen LogP contribution in [0.1, 0.15) is 100 Å². The monoisotopic (exact) mass is 588 g/mol. The molecule has 0 heterocycles. The molecule has 0 saturated heterocycles. The summed E-state index contributed by atoms with van der Waals surface area (Å²) in [5.41, 5.74) is -1.12. The Balaban J connectivity index is 1.55. The second-order valence-electron chi connectivity index (χ2n) is 16.5. The topological polar surface area (TPSA) is 127 Å². The molecule has 0 aliphatic heterocycles. The van der Waals surface area contributed by atoms with E-state index < -0.39 is 40.7 Å². The Bertz CT molecular complexity index is 1160. The molecule has 0 spiro atoms. The first kappa shape index (κ1) is 32.2. The van der Waals surface area contributed by atoms with Crippen LogP contribution in [0.25, 0.3) is 0 Å². The van der Waals surface area contributed by atoms with Gasteiger partial charge in [0.25, 0.3) is 0 Å². The fourth-order valence-electron chi connectivity index (χ4n) is 11.4. The van der Waals surface area contributed by atoms with E-state index in [0.717, 1.165) is 25.7 Å². The lowest BCUT2D eigenvalue weighted by Gasteiger charge is -2.72. The minimum atomic E-state index is -1.22. The standard InChI is InChI=1S/C35H56O7/c1-9-20(2)29(41)42-19-32(6)23-12-15-33(7)24(31(23,5)14-13-25(32)37)11-10-21-22-16-30(3,4)27(39)28(40)35(22,18-36)26(38)17-34(21,33)8/h9-10,22-28,36-40H,11-19H2,1-8H3/t22?,23?,24?,25-,26+,27-,28-,31-,32+,33+,34+,35-/m0/s1. The highest BCUT2D eigenvalue weighted by Gasteiger charge is 2.72. The molecule has 4 saturated carbocycles. The Hall–Kier alpha value is -1.25. The summed E-state index contributed by atoms with van der Waals surface area (Å²) in [5.74, 6) is -0.110. The van der Waals surface area contributed by atoms with Gasteiger partial charge in [0, 0.05) is 11.0 Å². The van der Waals surface area contributed by atoms with Gasteiger partial charge in [-0.2, -0.15) is 0 Å². The molecule has 0 aromatic rings. The Morgan fingerprint density at radius 3 is 2.24 bits per heavy atom. The molecule has 42 heavy (non-hydrogen) atoms. The Kier molecular flexibility index (Phi) is 7.76. The van der Waals surface area contributed by atoms with E-state index in [-0.39, 0.29) is 47.3 Å². The number of esters is 1. The third-order valence-corrected chi connectivity index (χ3v) is 14.5. The highest BCUT2D eigenvalue weighted by atomic mass is 16.5. The van der Waals surface area contributed by atoms with Crippen molar-refractivity contribution >= 4 is 5.97 Å². The van der Waals surface area contributed by atoms with Gasteiger partial charge in [-0.05, 0) is 98.2 Å². The van der Waals surface area contributed by atoms with Gasteiger partial charge in [0.1, 0.15) is 0 Å². The van der Waals surface area contributed by atoms with E-state index in [1.807, 2.05) is 20.8 Å². The molecular weight excluding hydrogens is 532 g/mol. The molecule has 0 radical (unpaired) electrons. The highest BCUT2D eigenvalue weighted by Crippen LogP contribution is 2.75. The molecule has 7 nitrogen and oxygen atoms in total. The van der Waals surface area contributed by atoms with Crippen LogP contribution in [0.15, 0.2) is 23.3 Å². The van der Waals surface area contributed by atoms with Gasteiger partial charge < -0.3 is 30.3 Å². The summed E-state index contributed by atoms with van der Waals surface area (Å²) < 4.78 is 5.82. The van der Waals surface area contributed by atoms with Crippen molar-refractivity contribution in [2.75, 3.05) is 13.2 Å². The maximum atomic E-state index is 12.6. The predicted molar refractivity (Wildman–Crippen MR) is 161 cm³/mol. The molecule has 5 N–H and O–H groups in total. The van der Waals surface area contributed by atoms with Crippen molar-refractivity contribution in [3.8, 4) is 0 Å². The molecule has 0 amide bonds. The van der Waals surface area contributed by atoms with Crippen molar-refractivity contribution in [2.45, 2.75) is 125 Å². The molecule has 7 heteroatoms. The third-order valence-electron chi connectivity index (χ3n) is 14.5. The minimum Gasteiger partial charge on any atom is -0.462 e. The lowest BCUT2D eigenvalue weighted by molar-refractivity contribution is -0.259. The van der Waals surface area contributed by atoms with Crippen LogP contribution in [0.3, 0.4) is 0 Å². The average Bonchev–Trinajstić information content (AvgIpc) is 2.93. The minimum absolute atomic E-state index is 0.105. The van der Waals surface area contributed by atoms with Crippen molar-refractivity contribution in [1.29, 1.82) is 0 Å². The van der Waals surface area contributed by atoms with Crippen molar-refractivity contribution in [3.05, 3.63) is 23.3 Å². The molecule has 5 rings (SSSR count). The van der Waals surface area contributed by atoms with Crippen molar-refractivity contribution in [3.63, 3.8) is 0 Å². The molecule has 5 aliphatic carbocycles. The highest BCUT2D eigenvalue weighted by molar-refractivity contribution is 5.87. The number of hydrogen-bond donors (Lipinski definition) is 5. The molecule has 4 fully saturated rings. The van der Waals surface area contributed by atoms with E-state index in [2.05, 4.69) is 33.8 Å². The molecule has 0 aromatic carbocycles. The molecule has 12 atom stereocenters. The van der Waals surface area contributed by atoms with Crippen molar-refractivity contribution in [1.82, 2.24) is 0 Å². The van der Waals surface area contributed by atoms with E-state index in [1.165, 1.54) is 5.57 Å². The molecule has 238 valence electrons. The van der Waals surface area contributed by atoms with E-state index >= 15 is 0 Å². The number of aliphatic hydroxyl groups is 5. The molecule has 0 bridgehead atoms. The Morgan fingerprint density at radius 1 is 0.952 bits per heavy atom. The number of carbonyl (C=O) groups is 1. The number of fused-ring (bicyclic) bond motifs is 7. The first-order valence-corrected chi connectivity index (χ1v) is 16.2. The maximum absolute atomic E-state index is 12.6. The van der Waals surface area contributed by atoms with Gasteiger partial charge in [0.15, 0.2) is 0 Å². The zero-order valence-electron chi connectivity index (χ0n) is 27.1. The maximum Gasteiger partial charge on any atom is 0.333 e. The van der Waals surface area contributed by atoms with E-state index in [1.54, 1.807) is 13.0 Å². The van der Waals surface area contributed by atoms with Crippen molar-refractivity contribution < 1.29 is 35.1 Å². The summed E-state index contributed by atoms with van der Waals surface area (Å²) in [6.45, 7) is 16.5. The van der Waals surface area contributed by atoms with E-state index in [9.17, 15) is 30.3 Å². The zero-order chi connectivity index (χ0) is 31.3. The Labute approximate surface area is 252 Å². The summed E-state index contributed by atoms with van der Waals surface area (Å²) in [5, 5.41) is 56.6. The van der Waals surface area contributed by atoms with Gasteiger partial charge in [0.05, 0.1) is 43.0 Å².